The van der Waals surface area contributed by atoms with Gasteiger partial charge in [0.25, 0.3) is 11.8 Å². The topological polar surface area (TPSA) is 166 Å². The minimum absolute atomic E-state index is 0.244. The molecule has 0 bridgehead atoms. The quantitative estimate of drug-likeness (QED) is 0.347. The Morgan fingerprint density at radius 1 is 1.30 bits per heavy atom. The van der Waals surface area contributed by atoms with E-state index in [2.05, 4.69) is 5.32 Å². The van der Waals surface area contributed by atoms with Crippen molar-refractivity contribution in [3.63, 3.8) is 0 Å². The van der Waals surface area contributed by atoms with Crippen molar-refractivity contribution in [3.8, 4) is 0 Å². The van der Waals surface area contributed by atoms with E-state index in [-0.39, 0.29) is 5.57 Å². The molecule has 0 spiro atoms. The van der Waals surface area contributed by atoms with Gasteiger partial charge in [-0.05, 0) is 37.0 Å². The number of carbonyl (C=O) groups is 4. The monoisotopic (exact) mass is 556 g/mol. The number of nitrogens with zero attached hydrogens (tertiary/aromatic N) is 1. The number of hydrogen-bond donors (Lipinski definition) is 2. The van der Waals surface area contributed by atoms with Crippen LogP contribution in [0.4, 0.5) is 0 Å². The Balaban J connectivity index is 1.59. The Morgan fingerprint density at radius 3 is 2.68 bits per heavy atom. The number of nitrogens with one attached hydrogen (secondary N) is 1. The first-order valence-electron chi connectivity index (χ1n) is 11.5. The predicted molar refractivity (Wildman–Crippen MR) is 127 cm³/mol. The SMILES string of the molecule is CC(=O)OCC1=C(C(=O)O)N2C(=O)[C@H](NC(=O)C(OC3CCCCO3)c3cccc(Cl)c3)[C@@H]2S(=O)(=O)C1. The van der Waals surface area contributed by atoms with Crippen molar-refractivity contribution in [2.75, 3.05) is 19.0 Å². The first-order valence-corrected chi connectivity index (χ1v) is 13.5. The van der Waals surface area contributed by atoms with E-state index in [1.807, 2.05) is 0 Å². The third kappa shape index (κ3) is 5.64. The number of halogens is 1. The molecule has 3 heterocycles. The number of aliphatic carboxylic acids is 1. The van der Waals surface area contributed by atoms with Gasteiger partial charge in [0.05, 0.1) is 5.75 Å². The largest absolute Gasteiger partial charge is 0.477 e. The lowest BCUT2D eigenvalue weighted by Crippen LogP contribution is -2.75. The molecule has 0 radical (unpaired) electrons. The summed E-state index contributed by atoms with van der Waals surface area (Å²) >= 11 is 6.09. The van der Waals surface area contributed by atoms with Crippen LogP contribution in [0, 0.1) is 0 Å². The highest BCUT2D eigenvalue weighted by molar-refractivity contribution is 7.92. The normalized spacial score (nSPS) is 25.5. The van der Waals surface area contributed by atoms with Crippen molar-refractivity contribution in [1.82, 2.24) is 10.2 Å². The van der Waals surface area contributed by atoms with Crippen LogP contribution in [0.5, 0.6) is 0 Å². The molecule has 2 saturated heterocycles. The van der Waals surface area contributed by atoms with Gasteiger partial charge in [0, 0.05) is 24.1 Å². The van der Waals surface area contributed by atoms with Crippen LogP contribution in [0.15, 0.2) is 35.5 Å². The zero-order valence-electron chi connectivity index (χ0n) is 19.7. The van der Waals surface area contributed by atoms with Crippen molar-refractivity contribution in [1.29, 1.82) is 0 Å². The molecule has 2 fully saturated rings. The lowest BCUT2D eigenvalue weighted by atomic mass is 10.0. The standard InChI is InChI=1S/C23H25ClN2O10S/c1-12(27)35-10-14-11-37(32,33)22-17(21(29)26(22)18(14)23(30)31)25-20(28)19(13-5-4-6-15(24)9-13)36-16-7-2-3-8-34-16/h4-6,9,16-17,19,22H,2-3,7-8,10-11H2,1H3,(H,25,28)(H,30,31)/t16?,17-,19?,22-/m0/s1. The average molecular weight is 557 g/mol. The molecule has 14 heteroatoms. The minimum Gasteiger partial charge on any atom is -0.477 e. The summed E-state index contributed by atoms with van der Waals surface area (Å²) in [6, 6.07) is 4.77. The molecule has 37 heavy (non-hydrogen) atoms. The summed E-state index contributed by atoms with van der Waals surface area (Å²) in [6.07, 6.45) is 0.240. The number of rotatable bonds is 8. The maximum atomic E-state index is 13.3. The highest BCUT2D eigenvalue weighted by Crippen LogP contribution is 2.37. The van der Waals surface area contributed by atoms with Crippen molar-refractivity contribution in [2.45, 2.75) is 50.0 Å². The molecule has 4 rings (SSSR count). The molecule has 200 valence electrons. The van der Waals surface area contributed by atoms with Crippen LogP contribution >= 0.6 is 11.6 Å². The second-order valence-corrected chi connectivity index (χ2v) is 11.3. The van der Waals surface area contributed by atoms with E-state index >= 15 is 0 Å². The predicted octanol–water partition coefficient (Wildman–Crippen LogP) is 0.908. The van der Waals surface area contributed by atoms with Crippen molar-refractivity contribution in [2.24, 2.45) is 0 Å². The molecule has 2 amide bonds. The fourth-order valence-corrected chi connectivity index (χ4v) is 6.69. The number of carboxylic acids is 1. The number of hydrogen-bond acceptors (Lipinski definition) is 9. The Morgan fingerprint density at radius 2 is 2.05 bits per heavy atom. The van der Waals surface area contributed by atoms with E-state index in [0.717, 1.165) is 19.8 Å². The molecule has 12 nitrogen and oxygen atoms in total. The summed E-state index contributed by atoms with van der Waals surface area (Å²) in [5, 5.41) is 10.8. The number of benzene rings is 1. The van der Waals surface area contributed by atoms with Crippen LogP contribution in [-0.2, 0) is 43.2 Å². The summed E-state index contributed by atoms with van der Waals surface area (Å²) < 4.78 is 42.3. The van der Waals surface area contributed by atoms with Crippen LogP contribution in [0.2, 0.25) is 5.02 Å². The third-order valence-corrected chi connectivity index (χ3v) is 8.33. The number of sulfone groups is 1. The van der Waals surface area contributed by atoms with E-state index < -0.39 is 75.5 Å². The van der Waals surface area contributed by atoms with Crippen LogP contribution in [0.1, 0.15) is 37.9 Å². The summed E-state index contributed by atoms with van der Waals surface area (Å²) in [5.74, 6) is -4.80. The average Bonchev–Trinajstić information content (AvgIpc) is 2.84. The van der Waals surface area contributed by atoms with Gasteiger partial charge in [-0.2, -0.15) is 0 Å². The number of β-lactam (4-membered cyclic amide) rings is 1. The molecular weight excluding hydrogens is 532 g/mol. The zero-order valence-corrected chi connectivity index (χ0v) is 21.3. The van der Waals surface area contributed by atoms with E-state index in [9.17, 15) is 32.7 Å². The lowest BCUT2D eigenvalue weighted by molar-refractivity contribution is -0.195. The Labute approximate surface area is 217 Å². The van der Waals surface area contributed by atoms with Crippen molar-refractivity contribution < 1.29 is 46.9 Å². The van der Waals surface area contributed by atoms with Gasteiger partial charge in [-0.1, -0.05) is 23.7 Å². The smallest absolute Gasteiger partial charge is 0.352 e. The van der Waals surface area contributed by atoms with Gasteiger partial charge in [0.2, 0.25) is 0 Å². The molecule has 1 aromatic carbocycles. The Bertz CT molecular complexity index is 1260. The molecule has 2 unspecified atom stereocenters. The zero-order chi connectivity index (χ0) is 26.9. The lowest BCUT2D eigenvalue weighted by Gasteiger charge is -2.49. The highest BCUT2D eigenvalue weighted by atomic mass is 35.5. The maximum absolute atomic E-state index is 13.3. The number of carboxylic acid groups (broad SMARTS) is 1. The fourth-order valence-electron chi connectivity index (χ4n) is 4.48. The number of fused-ring (bicyclic) bond motifs is 1. The Kier molecular flexibility index (Phi) is 7.88. The summed E-state index contributed by atoms with van der Waals surface area (Å²) in [6.45, 7) is 0.930. The molecule has 2 N–H and O–H groups in total. The highest BCUT2D eigenvalue weighted by Gasteiger charge is 2.61. The van der Waals surface area contributed by atoms with Gasteiger partial charge >= 0.3 is 11.9 Å². The molecule has 3 aliphatic heterocycles. The first kappa shape index (κ1) is 27.0. The summed E-state index contributed by atoms with van der Waals surface area (Å²) in [4.78, 5) is 50.0. The van der Waals surface area contributed by atoms with E-state index in [1.165, 1.54) is 6.07 Å². The van der Waals surface area contributed by atoms with Gasteiger partial charge in [0.1, 0.15) is 18.3 Å². The van der Waals surface area contributed by atoms with Crippen LogP contribution in [0.25, 0.3) is 0 Å². The van der Waals surface area contributed by atoms with Gasteiger partial charge in [-0.25, -0.2) is 13.2 Å². The molecule has 1 aromatic rings. The van der Waals surface area contributed by atoms with Crippen molar-refractivity contribution >= 4 is 45.2 Å². The summed E-state index contributed by atoms with van der Waals surface area (Å²) in [5.41, 5.74) is -0.467. The Hall–Kier alpha value is -3.00. The van der Waals surface area contributed by atoms with Crippen LogP contribution in [-0.4, -0.2) is 78.8 Å². The second kappa shape index (κ2) is 10.8. The summed E-state index contributed by atoms with van der Waals surface area (Å²) in [7, 11) is -4.15. The van der Waals surface area contributed by atoms with E-state index in [4.69, 9.17) is 25.8 Å². The molecular formula is C23H25ClN2O10S. The number of ether oxygens (including phenoxy) is 3. The number of amides is 2. The van der Waals surface area contributed by atoms with Gasteiger partial charge < -0.3 is 24.6 Å². The minimum atomic E-state index is -4.15. The molecule has 0 saturated carbocycles. The first-order chi connectivity index (χ1) is 17.5. The molecule has 3 aliphatic rings. The van der Waals surface area contributed by atoms with Crippen LogP contribution < -0.4 is 5.32 Å². The van der Waals surface area contributed by atoms with Gasteiger partial charge in [-0.3, -0.25) is 19.3 Å². The van der Waals surface area contributed by atoms with Crippen molar-refractivity contribution in [3.05, 3.63) is 46.1 Å². The third-order valence-electron chi connectivity index (χ3n) is 6.13. The molecule has 0 aliphatic carbocycles. The maximum Gasteiger partial charge on any atom is 0.352 e. The van der Waals surface area contributed by atoms with E-state index in [0.29, 0.717) is 28.5 Å². The van der Waals surface area contributed by atoms with Gasteiger partial charge in [-0.15, -0.1) is 0 Å². The number of carbonyl (C=O) groups excluding carboxylic acids is 3. The molecule has 4 atom stereocenters. The van der Waals surface area contributed by atoms with E-state index in [1.54, 1.807) is 18.2 Å². The number of esters is 1. The molecule has 0 aromatic heterocycles. The van der Waals surface area contributed by atoms with Gasteiger partial charge in [0.15, 0.2) is 27.6 Å². The van der Waals surface area contributed by atoms with Crippen LogP contribution in [0.3, 0.4) is 0 Å². The fraction of sp³-hybridized carbons (Fsp3) is 0.478. The second-order valence-electron chi connectivity index (χ2n) is 8.80.